The van der Waals surface area contributed by atoms with Crippen LogP contribution in [0, 0.1) is 14.2 Å². The highest BCUT2D eigenvalue weighted by atomic mass is 127. The van der Waals surface area contributed by atoms with E-state index in [0.29, 0.717) is 14.9 Å². The lowest BCUT2D eigenvalue weighted by Gasteiger charge is -2.00. The van der Waals surface area contributed by atoms with Gasteiger partial charge in [0.25, 0.3) is 0 Å². The molecule has 0 bridgehead atoms. The first kappa shape index (κ1) is 10.8. The summed E-state index contributed by atoms with van der Waals surface area (Å²) < 4.78 is 16.4. The summed E-state index contributed by atoms with van der Waals surface area (Å²) >= 11 is 7.10. The highest BCUT2D eigenvalue weighted by molar-refractivity contribution is 14.1. The smallest absolute Gasteiger partial charge is 0.178 e. The lowest BCUT2D eigenvalue weighted by molar-refractivity contribution is 0.621. The van der Waals surface area contributed by atoms with E-state index in [1.807, 2.05) is 27.2 Å². The molecule has 15 heavy (non-hydrogen) atoms. The van der Waals surface area contributed by atoms with E-state index in [2.05, 4.69) is 11.6 Å². The number of fused-ring (bicyclic) bond motifs is 1. The van der Waals surface area contributed by atoms with Crippen molar-refractivity contribution >= 4 is 45.8 Å². The number of aromatic amines is 1. The van der Waals surface area contributed by atoms with Crippen LogP contribution in [-0.4, -0.2) is 9.55 Å². The maximum Gasteiger partial charge on any atom is 0.178 e. The first-order valence-electron chi connectivity index (χ1n) is 4.32. The highest BCUT2D eigenvalue weighted by Gasteiger charge is 2.07. The van der Waals surface area contributed by atoms with Crippen LogP contribution in [0.2, 0.25) is 0 Å². The molecule has 0 saturated carbocycles. The van der Waals surface area contributed by atoms with E-state index in [1.165, 1.54) is 6.07 Å². The number of allylic oxidation sites excluding steroid dienone is 1. The van der Waals surface area contributed by atoms with Crippen LogP contribution in [-0.2, 0) is 6.54 Å². The van der Waals surface area contributed by atoms with Crippen LogP contribution in [0.15, 0.2) is 24.8 Å². The standard InChI is InChI=1S/C10H8FIN2S/c1-2-3-14-9-4-6(11)7(12)5-8(9)13-10(14)15/h2,4-5H,1,3H2,(H,13,15). The topological polar surface area (TPSA) is 20.7 Å². The van der Waals surface area contributed by atoms with Crippen LogP contribution in [0.5, 0.6) is 0 Å². The number of aromatic nitrogens is 2. The monoisotopic (exact) mass is 334 g/mol. The Labute approximate surface area is 105 Å². The average Bonchev–Trinajstić information content (AvgIpc) is 2.46. The van der Waals surface area contributed by atoms with Crippen LogP contribution in [0.25, 0.3) is 11.0 Å². The van der Waals surface area contributed by atoms with Crippen LogP contribution < -0.4 is 0 Å². The summed E-state index contributed by atoms with van der Waals surface area (Å²) in [6, 6.07) is 3.24. The quantitative estimate of drug-likeness (QED) is 0.505. The van der Waals surface area contributed by atoms with Crippen LogP contribution in [0.4, 0.5) is 4.39 Å². The molecule has 0 unspecified atom stereocenters. The molecule has 0 aliphatic rings. The van der Waals surface area contributed by atoms with Crippen LogP contribution >= 0.6 is 34.8 Å². The molecule has 0 aliphatic carbocycles. The molecule has 0 fully saturated rings. The fourth-order valence-electron chi connectivity index (χ4n) is 1.46. The Kier molecular flexibility index (Phi) is 2.92. The number of H-pyrrole nitrogens is 1. The molecule has 0 atom stereocenters. The van der Waals surface area contributed by atoms with E-state index < -0.39 is 0 Å². The molecule has 1 aromatic carbocycles. The van der Waals surface area contributed by atoms with E-state index in [-0.39, 0.29) is 5.82 Å². The van der Waals surface area contributed by atoms with Gasteiger partial charge in [-0.05, 0) is 40.9 Å². The molecule has 2 aromatic rings. The van der Waals surface area contributed by atoms with Gasteiger partial charge in [-0.15, -0.1) is 6.58 Å². The number of halogens is 2. The SMILES string of the molecule is C=CCn1c(=S)[nH]c2cc(I)c(F)cc21. The minimum absolute atomic E-state index is 0.227. The van der Waals surface area contributed by atoms with Crippen molar-refractivity contribution in [1.29, 1.82) is 0 Å². The number of hydrogen-bond donors (Lipinski definition) is 1. The van der Waals surface area contributed by atoms with Crippen molar-refractivity contribution in [3.63, 3.8) is 0 Å². The van der Waals surface area contributed by atoms with E-state index in [0.717, 1.165) is 11.0 Å². The second-order valence-electron chi connectivity index (χ2n) is 3.11. The van der Waals surface area contributed by atoms with Crippen LogP contribution in [0.1, 0.15) is 0 Å². The summed E-state index contributed by atoms with van der Waals surface area (Å²) in [5.41, 5.74) is 1.63. The van der Waals surface area contributed by atoms with Gasteiger partial charge in [0.1, 0.15) is 5.82 Å². The Morgan fingerprint density at radius 1 is 1.60 bits per heavy atom. The van der Waals surface area contributed by atoms with Gasteiger partial charge in [0.2, 0.25) is 0 Å². The summed E-state index contributed by atoms with van der Waals surface area (Å²) in [6.07, 6.45) is 1.74. The van der Waals surface area contributed by atoms with E-state index >= 15 is 0 Å². The lowest BCUT2D eigenvalue weighted by atomic mass is 10.3. The predicted molar refractivity (Wildman–Crippen MR) is 70.0 cm³/mol. The van der Waals surface area contributed by atoms with Gasteiger partial charge < -0.3 is 9.55 Å². The Bertz CT molecular complexity index is 585. The van der Waals surface area contributed by atoms with Crippen LogP contribution in [0.3, 0.4) is 0 Å². The molecular weight excluding hydrogens is 326 g/mol. The molecule has 2 rings (SSSR count). The third kappa shape index (κ3) is 1.85. The van der Waals surface area contributed by atoms with Crippen molar-refractivity contribution in [2.24, 2.45) is 0 Å². The summed E-state index contributed by atoms with van der Waals surface area (Å²) in [6.45, 7) is 4.23. The van der Waals surface area contributed by atoms with Gasteiger partial charge in [-0.1, -0.05) is 6.08 Å². The Morgan fingerprint density at radius 2 is 2.33 bits per heavy atom. The maximum absolute atomic E-state index is 13.4. The second kappa shape index (κ2) is 4.05. The zero-order chi connectivity index (χ0) is 11.0. The van der Waals surface area contributed by atoms with Gasteiger partial charge in [-0.25, -0.2) is 4.39 Å². The molecule has 78 valence electrons. The third-order valence-electron chi connectivity index (χ3n) is 2.13. The molecule has 0 aliphatic heterocycles. The predicted octanol–water partition coefficient (Wildman–Crippen LogP) is 3.63. The fourth-order valence-corrected chi connectivity index (χ4v) is 2.21. The minimum atomic E-state index is -0.227. The van der Waals surface area contributed by atoms with Crippen molar-refractivity contribution in [1.82, 2.24) is 9.55 Å². The summed E-state index contributed by atoms with van der Waals surface area (Å²) in [5, 5.41) is 0. The van der Waals surface area contributed by atoms with Gasteiger partial charge in [-0.3, -0.25) is 0 Å². The number of nitrogens with one attached hydrogen (secondary N) is 1. The Balaban J connectivity index is 2.81. The first-order valence-corrected chi connectivity index (χ1v) is 5.80. The van der Waals surface area contributed by atoms with Gasteiger partial charge in [0.05, 0.1) is 14.6 Å². The van der Waals surface area contributed by atoms with Crippen molar-refractivity contribution in [3.05, 3.63) is 38.9 Å². The number of rotatable bonds is 2. The Hall–Kier alpha value is -0.690. The molecule has 0 spiro atoms. The van der Waals surface area contributed by atoms with Gasteiger partial charge in [0, 0.05) is 12.6 Å². The van der Waals surface area contributed by atoms with Gasteiger partial charge in [-0.2, -0.15) is 0 Å². The number of imidazole rings is 1. The van der Waals surface area contributed by atoms with Gasteiger partial charge >= 0.3 is 0 Å². The lowest BCUT2D eigenvalue weighted by Crippen LogP contribution is -1.94. The minimum Gasteiger partial charge on any atom is -0.331 e. The molecule has 1 N–H and O–H groups in total. The summed E-state index contributed by atoms with van der Waals surface area (Å²) in [5.74, 6) is -0.227. The largest absolute Gasteiger partial charge is 0.331 e. The molecule has 5 heteroatoms. The number of hydrogen-bond acceptors (Lipinski definition) is 1. The number of nitrogens with zero attached hydrogens (tertiary/aromatic N) is 1. The molecule has 2 nitrogen and oxygen atoms in total. The van der Waals surface area contributed by atoms with Crippen molar-refractivity contribution in [2.45, 2.75) is 6.54 Å². The summed E-state index contributed by atoms with van der Waals surface area (Å²) in [7, 11) is 0. The zero-order valence-corrected chi connectivity index (χ0v) is 10.7. The molecule has 1 aromatic heterocycles. The van der Waals surface area contributed by atoms with Crippen molar-refractivity contribution in [2.75, 3.05) is 0 Å². The first-order chi connectivity index (χ1) is 7.13. The van der Waals surface area contributed by atoms with Crippen molar-refractivity contribution in [3.8, 4) is 0 Å². The molecule has 1 heterocycles. The summed E-state index contributed by atoms with van der Waals surface area (Å²) in [4.78, 5) is 3.04. The fraction of sp³-hybridized carbons (Fsp3) is 0.100. The van der Waals surface area contributed by atoms with Crippen molar-refractivity contribution < 1.29 is 4.39 Å². The Morgan fingerprint density at radius 3 is 3.00 bits per heavy atom. The molecule has 0 radical (unpaired) electrons. The van der Waals surface area contributed by atoms with E-state index in [9.17, 15) is 4.39 Å². The highest BCUT2D eigenvalue weighted by Crippen LogP contribution is 2.20. The maximum atomic E-state index is 13.4. The third-order valence-corrected chi connectivity index (χ3v) is 3.28. The second-order valence-corrected chi connectivity index (χ2v) is 4.66. The molecule has 0 amide bonds. The normalized spacial score (nSPS) is 10.8. The van der Waals surface area contributed by atoms with E-state index in [4.69, 9.17) is 12.2 Å². The van der Waals surface area contributed by atoms with Gasteiger partial charge in [0.15, 0.2) is 4.77 Å². The number of benzene rings is 1. The molecule has 0 saturated heterocycles. The van der Waals surface area contributed by atoms with E-state index in [1.54, 1.807) is 12.1 Å². The zero-order valence-electron chi connectivity index (χ0n) is 7.76. The molecular formula is C10H8FIN2S. The average molecular weight is 334 g/mol.